The number of halogens is 2. The molecule has 0 unspecified atom stereocenters. The maximum atomic E-state index is 11.5. The van der Waals surface area contributed by atoms with Crippen molar-refractivity contribution in [1.29, 1.82) is 0 Å². The molecule has 2 aromatic carbocycles. The van der Waals surface area contributed by atoms with Crippen LogP contribution in [-0.2, 0) is 22.7 Å². The van der Waals surface area contributed by atoms with Crippen LogP contribution in [0.1, 0.15) is 36.8 Å². The van der Waals surface area contributed by atoms with E-state index in [1.165, 1.54) is 0 Å². The summed E-state index contributed by atoms with van der Waals surface area (Å²) < 4.78 is 11.3. The standard InChI is InChI=1S/C36H38Cl2N6O4/c1-47-35-21(17-39-19-23-11-15-31(45)41-23)9-13-29(43-35)27-7-3-5-25(33(27)37)26-6-4-8-28(34(26)38)30-14-10-22(36(44-30)48-2)18-40-20-24-12-16-32(46)42-24/h3-10,13-14,23-24,39-40H,11-12,15-20H2,1-2H3,(H,41,45)(H,42,46)/t23-,24-/m1/s1. The molecule has 10 nitrogen and oxygen atoms in total. The zero-order chi connectivity index (χ0) is 33.6. The van der Waals surface area contributed by atoms with Crippen LogP contribution in [0.2, 0.25) is 10.0 Å². The molecule has 0 saturated carbocycles. The van der Waals surface area contributed by atoms with Crippen molar-refractivity contribution in [3.63, 3.8) is 0 Å². The Morgan fingerprint density at radius 3 is 1.46 bits per heavy atom. The van der Waals surface area contributed by atoms with Gasteiger partial charge < -0.3 is 30.7 Å². The minimum atomic E-state index is 0.0983. The first-order chi connectivity index (χ1) is 23.3. The summed E-state index contributed by atoms with van der Waals surface area (Å²) in [7, 11) is 3.19. The molecule has 2 aromatic heterocycles. The molecule has 0 bridgehead atoms. The monoisotopic (exact) mass is 688 g/mol. The molecule has 4 N–H and O–H groups in total. The number of benzene rings is 2. The Morgan fingerprint density at radius 2 is 1.08 bits per heavy atom. The van der Waals surface area contributed by atoms with E-state index >= 15 is 0 Å². The van der Waals surface area contributed by atoms with Gasteiger partial charge >= 0.3 is 0 Å². The lowest BCUT2D eigenvalue weighted by atomic mass is 9.98. The molecular weight excluding hydrogens is 651 g/mol. The topological polar surface area (TPSA) is 126 Å². The Labute approximate surface area is 289 Å². The summed E-state index contributed by atoms with van der Waals surface area (Å²) in [6.45, 7) is 2.46. The number of hydrogen-bond donors (Lipinski definition) is 4. The number of rotatable bonds is 13. The van der Waals surface area contributed by atoms with Gasteiger partial charge in [0, 0.05) is 84.5 Å². The molecule has 6 rings (SSSR count). The van der Waals surface area contributed by atoms with E-state index in [-0.39, 0.29) is 23.9 Å². The van der Waals surface area contributed by atoms with Crippen LogP contribution < -0.4 is 30.7 Å². The number of methoxy groups -OCH3 is 2. The molecule has 48 heavy (non-hydrogen) atoms. The molecule has 0 radical (unpaired) electrons. The predicted molar refractivity (Wildman–Crippen MR) is 187 cm³/mol. The van der Waals surface area contributed by atoms with Gasteiger partial charge in [-0.05, 0) is 25.0 Å². The van der Waals surface area contributed by atoms with Crippen LogP contribution in [0, 0.1) is 0 Å². The first-order valence-electron chi connectivity index (χ1n) is 16.0. The molecule has 250 valence electrons. The highest BCUT2D eigenvalue weighted by atomic mass is 35.5. The van der Waals surface area contributed by atoms with Gasteiger partial charge in [-0.3, -0.25) is 9.59 Å². The van der Waals surface area contributed by atoms with Crippen molar-refractivity contribution in [3.8, 4) is 45.4 Å². The number of pyridine rings is 2. The molecule has 4 heterocycles. The third-order valence-electron chi connectivity index (χ3n) is 8.69. The average molecular weight is 690 g/mol. The summed E-state index contributed by atoms with van der Waals surface area (Å²) in [4.78, 5) is 32.6. The van der Waals surface area contributed by atoms with Crippen molar-refractivity contribution < 1.29 is 19.1 Å². The minimum absolute atomic E-state index is 0.0983. The van der Waals surface area contributed by atoms with Crippen LogP contribution in [0.15, 0.2) is 60.7 Å². The van der Waals surface area contributed by atoms with Gasteiger partial charge in [-0.25, -0.2) is 9.97 Å². The van der Waals surface area contributed by atoms with E-state index in [4.69, 9.17) is 42.6 Å². The van der Waals surface area contributed by atoms with E-state index in [1.54, 1.807) is 14.2 Å². The molecule has 4 aromatic rings. The molecule has 2 fully saturated rings. The van der Waals surface area contributed by atoms with Gasteiger partial charge in [-0.1, -0.05) is 71.7 Å². The van der Waals surface area contributed by atoms with E-state index in [1.807, 2.05) is 60.7 Å². The largest absolute Gasteiger partial charge is 0.481 e. The van der Waals surface area contributed by atoms with Crippen LogP contribution in [0.5, 0.6) is 11.8 Å². The third kappa shape index (κ3) is 7.57. The second-order valence-corrected chi connectivity index (χ2v) is 12.7. The van der Waals surface area contributed by atoms with Gasteiger partial charge in [0.25, 0.3) is 0 Å². The summed E-state index contributed by atoms with van der Waals surface area (Å²) in [6, 6.07) is 19.7. The lowest BCUT2D eigenvalue weighted by molar-refractivity contribution is -0.120. The smallest absolute Gasteiger partial charge is 0.220 e. The highest BCUT2D eigenvalue weighted by Gasteiger charge is 2.22. The number of carbonyl (C=O) groups excluding carboxylic acids is 2. The van der Waals surface area contributed by atoms with E-state index in [0.717, 1.165) is 46.2 Å². The lowest BCUT2D eigenvalue weighted by Crippen LogP contribution is -2.35. The van der Waals surface area contributed by atoms with Crippen LogP contribution >= 0.6 is 23.2 Å². The Balaban J connectivity index is 1.20. The maximum absolute atomic E-state index is 11.5. The van der Waals surface area contributed by atoms with Crippen LogP contribution in [-0.4, -0.2) is 61.2 Å². The second-order valence-electron chi connectivity index (χ2n) is 11.9. The predicted octanol–water partition coefficient (Wildman–Crippen LogP) is 5.54. The Hall–Kier alpha value is -4.22. The van der Waals surface area contributed by atoms with E-state index in [2.05, 4.69) is 21.3 Å². The molecule has 2 aliphatic heterocycles. The highest BCUT2D eigenvalue weighted by Crippen LogP contribution is 2.42. The average Bonchev–Trinajstić information content (AvgIpc) is 3.72. The first-order valence-corrected chi connectivity index (χ1v) is 16.8. The summed E-state index contributed by atoms with van der Waals surface area (Å²) in [5.41, 5.74) is 6.16. The first kappa shape index (κ1) is 33.7. The molecule has 2 amide bonds. The number of aromatic nitrogens is 2. The van der Waals surface area contributed by atoms with Gasteiger partial charge in [0.15, 0.2) is 0 Å². The molecule has 2 saturated heterocycles. The minimum Gasteiger partial charge on any atom is -0.481 e. The van der Waals surface area contributed by atoms with Crippen molar-refractivity contribution in [2.24, 2.45) is 0 Å². The van der Waals surface area contributed by atoms with Crippen molar-refractivity contribution in [2.45, 2.75) is 50.9 Å². The number of nitrogens with zero attached hydrogens (tertiary/aromatic N) is 2. The summed E-state index contributed by atoms with van der Waals surface area (Å²) in [6.07, 6.45) is 2.81. The Morgan fingerprint density at radius 1 is 0.667 bits per heavy atom. The van der Waals surface area contributed by atoms with Crippen molar-refractivity contribution in [1.82, 2.24) is 31.2 Å². The summed E-state index contributed by atoms with van der Waals surface area (Å²) >= 11 is 14.1. The number of nitrogens with one attached hydrogen (secondary N) is 4. The van der Waals surface area contributed by atoms with Crippen LogP contribution in [0.25, 0.3) is 33.6 Å². The van der Waals surface area contributed by atoms with Crippen molar-refractivity contribution in [2.75, 3.05) is 27.3 Å². The Bertz CT molecular complexity index is 1690. The fourth-order valence-corrected chi connectivity index (χ4v) is 6.81. The molecule has 2 aliphatic rings. The molecule has 0 spiro atoms. The summed E-state index contributed by atoms with van der Waals surface area (Å²) in [5, 5.41) is 13.8. The number of amides is 2. The van der Waals surface area contributed by atoms with Crippen LogP contribution in [0.4, 0.5) is 0 Å². The van der Waals surface area contributed by atoms with E-state index in [0.29, 0.717) is 72.2 Å². The van der Waals surface area contributed by atoms with Gasteiger partial charge in [0.2, 0.25) is 23.6 Å². The molecule has 12 heteroatoms. The SMILES string of the molecule is COc1nc(-c2cccc(-c3cccc(-c4ccc(CNC[C@H]5CCC(=O)N5)c(OC)n4)c3Cl)c2Cl)ccc1CNC[C@H]1CCC(=O)N1. The second kappa shape index (κ2) is 15.3. The molecular formula is C36H38Cl2N6O4. The summed E-state index contributed by atoms with van der Waals surface area (Å²) in [5.74, 6) is 1.20. The van der Waals surface area contributed by atoms with Gasteiger partial charge in [-0.15, -0.1) is 0 Å². The van der Waals surface area contributed by atoms with Gasteiger partial charge in [-0.2, -0.15) is 0 Å². The van der Waals surface area contributed by atoms with Gasteiger partial charge in [0.05, 0.1) is 35.7 Å². The third-order valence-corrected chi connectivity index (χ3v) is 9.50. The molecule has 2 atom stereocenters. The zero-order valence-corrected chi connectivity index (χ0v) is 28.4. The number of carbonyl (C=O) groups is 2. The van der Waals surface area contributed by atoms with E-state index in [9.17, 15) is 9.59 Å². The lowest BCUT2D eigenvalue weighted by Gasteiger charge is -2.16. The Kier molecular flexibility index (Phi) is 10.8. The van der Waals surface area contributed by atoms with Crippen LogP contribution in [0.3, 0.4) is 0 Å². The number of ether oxygens (including phenoxy) is 2. The fourth-order valence-electron chi connectivity index (χ4n) is 6.16. The normalized spacial score (nSPS) is 17.3. The van der Waals surface area contributed by atoms with Crippen molar-refractivity contribution in [3.05, 3.63) is 81.8 Å². The number of hydrogen-bond acceptors (Lipinski definition) is 8. The van der Waals surface area contributed by atoms with Crippen molar-refractivity contribution >= 4 is 35.0 Å². The van der Waals surface area contributed by atoms with Gasteiger partial charge in [0.1, 0.15) is 0 Å². The zero-order valence-electron chi connectivity index (χ0n) is 26.9. The van der Waals surface area contributed by atoms with E-state index < -0.39 is 0 Å². The molecule has 0 aliphatic carbocycles. The highest BCUT2D eigenvalue weighted by molar-refractivity contribution is 6.39. The quantitative estimate of drug-likeness (QED) is 0.144. The maximum Gasteiger partial charge on any atom is 0.220 e. The fraction of sp³-hybridized carbons (Fsp3) is 0.333.